The predicted octanol–water partition coefficient (Wildman–Crippen LogP) is 7.64. The SMILES string of the molecule is C[C@]12CC[C@@H]3[C@@H](CC=C4CC(O)CC(CC(SC(CC5CC(O)CC6=CC[C@@H]7[C@@H](CC[C@]8(C)C(=O)CC[C@@H]78)[C@]65C)C(=O)O)C(=O)O)[C@@]43C)[C@@H]1CCC2=O. The van der Waals surface area contributed by atoms with Crippen molar-refractivity contribution in [3.8, 4) is 0 Å². The zero-order valence-corrected chi connectivity index (χ0v) is 33.0. The van der Waals surface area contributed by atoms with E-state index in [9.17, 15) is 39.6 Å². The molecule has 6 saturated carbocycles. The number of hydrogen-bond acceptors (Lipinski definition) is 7. The van der Waals surface area contributed by atoms with E-state index in [0.717, 1.165) is 63.1 Å². The molecule has 0 aromatic rings. The number of carboxylic acids is 2. The Morgan fingerprint density at radius 2 is 1.08 bits per heavy atom. The third kappa shape index (κ3) is 5.72. The first-order valence-electron chi connectivity index (χ1n) is 20.9. The van der Waals surface area contributed by atoms with Crippen molar-refractivity contribution in [2.45, 2.75) is 153 Å². The van der Waals surface area contributed by atoms with Gasteiger partial charge in [-0.25, -0.2) is 0 Å². The zero-order valence-electron chi connectivity index (χ0n) is 32.2. The van der Waals surface area contributed by atoms with Crippen molar-refractivity contribution in [1.29, 1.82) is 0 Å². The Morgan fingerprint density at radius 1 is 0.679 bits per heavy atom. The Kier molecular flexibility index (Phi) is 9.53. The van der Waals surface area contributed by atoms with Gasteiger partial charge in [-0.15, -0.1) is 11.8 Å². The molecule has 6 fully saturated rings. The monoisotopic (exact) mass is 750 g/mol. The van der Waals surface area contributed by atoms with Gasteiger partial charge in [0.25, 0.3) is 0 Å². The Hall–Kier alpha value is -1.97. The van der Waals surface area contributed by atoms with E-state index in [4.69, 9.17) is 0 Å². The van der Waals surface area contributed by atoms with Gasteiger partial charge in [-0.3, -0.25) is 19.2 Å². The second-order valence-corrected chi connectivity index (χ2v) is 21.3. The highest BCUT2D eigenvalue weighted by atomic mass is 32.2. The fourth-order valence-electron chi connectivity index (χ4n) is 15.1. The minimum atomic E-state index is -1.01. The third-order valence-corrected chi connectivity index (χ3v) is 19.5. The summed E-state index contributed by atoms with van der Waals surface area (Å²) in [6.07, 6.45) is 14.7. The van der Waals surface area contributed by atoms with Crippen LogP contribution in [0.4, 0.5) is 0 Å². The van der Waals surface area contributed by atoms with E-state index >= 15 is 0 Å². The van der Waals surface area contributed by atoms with Gasteiger partial charge in [-0.05, 0) is 148 Å². The van der Waals surface area contributed by atoms with Gasteiger partial charge < -0.3 is 20.4 Å². The standard InChI is InChI=1S/C44H62O8S/c1-41-15-13-33-29(31(41)9-11-37(41)47)7-5-23-17-27(45)19-25(43(23,33)3)21-35(39(49)50)53-36(40(51)52)22-26-20-28(46)18-24-6-8-30-32-10-12-38(48)42(32,2)16-14-34(30)44(24,26)4/h5-6,25-36,45-46H,7-22H2,1-4H3,(H,49,50)(H,51,52)/t25?,26?,27?,28?,29-,30-,31-,32-,33+,34+,35?,36?,41-,42-,43+,44+/m0/s1. The highest BCUT2D eigenvalue weighted by Crippen LogP contribution is 2.68. The van der Waals surface area contributed by atoms with Gasteiger partial charge in [0, 0.05) is 23.7 Å². The van der Waals surface area contributed by atoms with Crippen LogP contribution in [0.3, 0.4) is 0 Å². The van der Waals surface area contributed by atoms with Gasteiger partial charge in [0.15, 0.2) is 0 Å². The highest BCUT2D eigenvalue weighted by molar-refractivity contribution is 8.01. The van der Waals surface area contributed by atoms with E-state index in [2.05, 4.69) is 39.8 Å². The van der Waals surface area contributed by atoms with Crippen LogP contribution in [0.25, 0.3) is 0 Å². The number of carbonyl (C=O) groups excluding carboxylic acids is 2. The summed E-state index contributed by atoms with van der Waals surface area (Å²) >= 11 is 1.07. The molecular weight excluding hydrogens is 689 g/mol. The number of Topliss-reactive ketones (excluding diaryl/α,β-unsaturated/α-hetero) is 2. The number of ketones is 2. The number of carbonyl (C=O) groups is 4. The van der Waals surface area contributed by atoms with Crippen molar-refractivity contribution < 1.29 is 39.6 Å². The van der Waals surface area contributed by atoms with Crippen LogP contribution in [-0.4, -0.2) is 66.6 Å². The lowest BCUT2D eigenvalue weighted by molar-refractivity contribution is -0.139. The molecule has 9 heteroatoms. The summed E-state index contributed by atoms with van der Waals surface area (Å²) in [5.74, 6) is 0.495. The van der Waals surface area contributed by atoms with E-state index in [1.807, 2.05) is 0 Å². The first-order valence-corrected chi connectivity index (χ1v) is 21.9. The molecule has 0 radical (unpaired) electrons. The topological polar surface area (TPSA) is 149 Å². The second-order valence-electron chi connectivity index (χ2n) is 19.9. The van der Waals surface area contributed by atoms with Crippen LogP contribution in [-0.2, 0) is 19.2 Å². The molecule has 6 unspecified atom stereocenters. The van der Waals surface area contributed by atoms with E-state index in [1.54, 1.807) is 0 Å². The molecule has 0 saturated heterocycles. The quantitative estimate of drug-likeness (QED) is 0.184. The Labute approximate surface area is 319 Å². The fourth-order valence-corrected chi connectivity index (χ4v) is 16.4. The summed E-state index contributed by atoms with van der Waals surface area (Å²) in [6.45, 7) is 8.90. The molecule has 8 rings (SSSR count). The molecule has 8 aliphatic rings. The van der Waals surface area contributed by atoms with Crippen molar-refractivity contribution in [3.05, 3.63) is 23.3 Å². The molecule has 0 heterocycles. The van der Waals surface area contributed by atoms with E-state index in [0.29, 0.717) is 85.6 Å². The van der Waals surface area contributed by atoms with Crippen LogP contribution >= 0.6 is 11.8 Å². The first-order chi connectivity index (χ1) is 25.0. The van der Waals surface area contributed by atoms with Gasteiger partial charge in [-0.1, -0.05) is 51.0 Å². The lowest BCUT2D eigenvalue weighted by Gasteiger charge is -2.60. The van der Waals surface area contributed by atoms with Crippen molar-refractivity contribution in [2.75, 3.05) is 0 Å². The Morgan fingerprint density at radius 3 is 1.45 bits per heavy atom. The first kappa shape index (κ1) is 37.9. The maximum absolute atomic E-state index is 13.2. The van der Waals surface area contributed by atoms with Gasteiger partial charge in [0.2, 0.25) is 0 Å². The van der Waals surface area contributed by atoms with Crippen LogP contribution in [0.5, 0.6) is 0 Å². The summed E-state index contributed by atoms with van der Waals surface area (Å²) in [5, 5.41) is 41.9. The van der Waals surface area contributed by atoms with Crippen molar-refractivity contribution >= 4 is 35.3 Å². The summed E-state index contributed by atoms with van der Waals surface area (Å²) in [7, 11) is 0. The van der Waals surface area contributed by atoms with Crippen molar-refractivity contribution in [3.63, 3.8) is 0 Å². The average Bonchev–Trinajstić information content (AvgIpc) is 3.58. The van der Waals surface area contributed by atoms with Crippen LogP contribution in [0.15, 0.2) is 23.3 Å². The Balaban J connectivity index is 1.05. The summed E-state index contributed by atoms with van der Waals surface area (Å²) in [4.78, 5) is 52.4. The number of hydrogen-bond donors (Lipinski definition) is 4. The fraction of sp³-hybridized carbons (Fsp3) is 0.818. The maximum Gasteiger partial charge on any atom is 0.316 e. The lowest BCUT2D eigenvalue weighted by atomic mass is 9.45. The molecule has 0 aliphatic heterocycles. The normalized spacial score (nSPS) is 48.5. The van der Waals surface area contributed by atoms with Gasteiger partial charge >= 0.3 is 11.9 Å². The van der Waals surface area contributed by atoms with Crippen LogP contribution in [0.2, 0.25) is 0 Å². The molecule has 8 nitrogen and oxygen atoms in total. The molecule has 0 aromatic heterocycles. The van der Waals surface area contributed by atoms with Crippen molar-refractivity contribution in [2.24, 2.45) is 69.0 Å². The maximum atomic E-state index is 13.2. The minimum absolute atomic E-state index is 0.122. The largest absolute Gasteiger partial charge is 0.480 e. The molecule has 16 atom stereocenters. The molecule has 292 valence electrons. The van der Waals surface area contributed by atoms with Crippen LogP contribution in [0, 0.1) is 69.0 Å². The van der Waals surface area contributed by atoms with Gasteiger partial charge in [0.05, 0.1) is 12.2 Å². The number of aliphatic hydroxyl groups excluding tert-OH is 2. The minimum Gasteiger partial charge on any atom is -0.480 e. The van der Waals surface area contributed by atoms with E-state index < -0.39 is 34.6 Å². The molecule has 0 spiro atoms. The van der Waals surface area contributed by atoms with Gasteiger partial charge in [-0.2, -0.15) is 0 Å². The number of rotatable bonds is 8. The third-order valence-electron chi connectivity index (χ3n) is 18.1. The summed E-state index contributed by atoms with van der Waals surface area (Å²) in [5.41, 5.74) is 1.28. The smallest absolute Gasteiger partial charge is 0.316 e. The molecule has 8 aliphatic carbocycles. The molecule has 0 amide bonds. The lowest BCUT2D eigenvalue weighted by Crippen LogP contribution is -2.54. The number of allylic oxidation sites excluding steroid dienone is 2. The highest BCUT2D eigenvalue weighted by Gasteiger charge is 2.63. The number of thioether (sulfide) groups is 1. The van der Waals surface area contributed by atoms with Crippen LogP contribution in [0.1, 0.15) is 130 Å². The molecule has 0 bridgehead atoms. The molecular formula is C44H62O8S. The molecule has 0 aromatic carbocycles. The predicted molar refractivity (Wildman–Crippen MR) is 203 cm³/mol. The summed E-state index contributed by atoms with van der Waals surface area (Å²) < 4.78 is 0. The van der Waals surface area contributed by atoms with Crippen molar-refractivity contribution in [1.82, 2.24) is 0 Å². The number of carboxylic acid groups (broad SMARTS) is 2. The molecule has 4 N–H and O–H groups in total. The average molecular weight is 751 g/mol. The summed E-state index contributed by atoms with van der Waals surface area (Å²) in [6, 6.07) is 0. The number of aliphatic hydroxyl groups is 2. The molecule has 53 heavy (non-hydrogen) atoms. The zero-order chi connectivity index (χ0) is 37.8. The van der Waals surface area contributed by atoms with Crippen LogP contribution < -0.4 is 0 Å². The number of aliphatic carboxylic acids is 2. The van der Waals surface area contributed by atoms with E-state index in [1.165, 1.54) is 11.1 Å². The van der Waals surface area contributed by atoms with E-state index in [-0.39, 0.29) is 46.3 Å². The van der Waals surface area contributed by atoms with Gasteiger partial charge in [0.1, 0.15) is 22.1 Å². The number of fused-ring (bicyclic) bond motifs is 10. The Bertz CT molecular complexity index is 1500. The second kappa shape index (κ2) is 13.3.